The number of carbonyl (C=O) groups excluding carboxylic acids is 2. The zero-order valence-electron chi connectivity index (χ0n) is 21.4. The normalized spacial score (nSPS) is 23.1. The van der Waals surface area contributed by atoms with Gasteiger partial charge < -0.3 is 5.11 Å². The van der Waals surface area contributed by atoms with E-state index in [2.05, 4.69) is 10.3 Å². The van der Waals surface area contributed by atoms with Crippen molar-refractivity contribution in [1.29, 1.82) is 0 Å². The van der Waals surface area contributed by atoms with Gasteiger partial charge in [0.05, 0.1) is 22.6 Å². The van der Waals surface area contributed by atoms with E-state index in [1.165, 1.54) is 12.1 Å². The lowest BCUT2D eigenvalue weighted by molar-refractivity contribution is -0.138. The zero-order valence-corrected chi connectivity index (χ0v) is 21.4. The first-order valence-corrected chi connectivity index (χ1v) is 13.0. The number of amides is 2. The van der Waals surface area contributed by atoms with Crippen LogP contribution in [0.1, 0.15) is 66.0 Å². The van der Waals surface area contributed by atoms with E-state index in [1.807, 2.05) is 4.90 Å². The number of aromatic nitrogens is 1. The van der Waals surface area contributed by atoms with Crippen molar-refractivity contribution in [2.75, 3.05) is 13.1 Å². The minimum atomic E-state index is -4.39. The Balaban J connectivity index is 1.37. The van der Waals surface area contributed by atoms with Crippen molar-refractivity contribution in [3.05, 3.63) is 76.2 Å². The van der Waals surface area contributed by atoms with Crippen molar-refractivity contribution >= 4 is 22.7 Å². The van der Waals surface area contributed by atoms with Crippen LogP contribution in [0.25, 0.3) is 10.9 Å². The Morgan fingerprint density at radius 3 is 2.54 bits per heavy atom. The number of imide groups is 1. The van der Waals surface area contributed by atoms with Crippen LogP contribution in [0.5, 0.6) is 0 Å². The average molecular weight is 544 g/mol. The highest BCUT2D eigenvalue weighted by atomic mass is 19.4. The average Bonchev–Trinajstić information content (AvgIpc) is 3.06. The van der Waals surface area contributed by atoms with E-state index in [4.69, 9.17) is 0 Å². The number of aryl methyl sites for hydroxylation is 1. The number of hydrogen-bond donors (Lipinski definition) is 2. The number of rotatable bonds is 4. The van der Waals surface area contributed by atoms with Crippen molar-refractivity contribution in [2.45, 2.75) is 63.3 Å². The topological polar surface area (TPSA) is 82.5 Å². The number of pyridine rings is 1. The fourth-order valence-corrected chi connectivity index (χ4v) is 5.68. The third-order valence-electron chi connectivity index (χ3n) is 7.87. The van der Waals surface area contributed by atoms with Crippen molar-refractivity contribution < 1.29 is 32.3 Å². The molecule has 0 spiro atoms. The van der Waals surface area contributed by atoms with Gasteiger partial charge in [-0.15, -0.1) is 0 Å². The maximum Gasteiger partial charge on any atom is 0.416 e. The number of nitrogens with one attached hydrogen (secondary N) is 1. The lowest BCUT2D eigenvalue weighted by Gasteiger charge is -2.29. The minimum absolute atomic E-state index is 0.159. The molecule has 0 bridgehead atoms. The van der Waals surface area contributed by atoms with E-state index < -0.39 is 35.0 Å². The molecule has 1 aromatic heterocycles. The lowest BCUT2D eigenvalue weighted by Crippen LogP contribution is -2.39. The summed E-state index contributed by atoms with van der Waals surface area (Å²) < 4.78 is 54.6. The SMILES string of the molecule is Cc1nc2ccc(C3(O)CCCN(Cc4ccc(C(F)(F)F)cc4)CC3)c(F)c2cc1C1CCC(=O)NC1=O. The number of piperidine rings is 1. The van der Waals surface area contributed by atoms with Crippen LogP contribution >= 0.6 is 0 Å². The molecule has 0 aliphatic carbocycles. The molecule has 3 heterocycles. The van der Waals surface area contributed by atoms with Gasteiger partial charge >= 0.3 is 6.18 Å². The van der Waals surface area contributed by atoms with Crippen LogP contribution in [-0.4, -0.2) is 39.9 Å². The molecule has 2 atom stereocenters. The summed E-state index contributed by atoms with van der Waals surface area (Å²) in [6, 6.07) is 9.86. The Labute approximate surface area is 223 Å². The van der Waals surface area contributed by atoms with Crippen LogP contribution in [-0.2, 0) is 27.9 Å². The van der Waals surface area contributed by atoms with Gasteiger partial charge in [-0.2, -0.15) is 13.2 Å². The molecule has 2 aromatic carbocycles. The Bertz CT molecular complexity index is 1420. The molecule has 3 aromatic rings. The number of benzene rings is 2. The summed E-state index contributed by atoms with van der Waals surface area (Å²) in [5, 5.41) is 14.1. The molecule has 0 saturated carbocycles. The number of carbonyl (C=O) groups is 2. The van der Waals surface area contributed by atoms with Crippen LogP contribution in [0.15, 0.2) is 42.5 Å². The van der Waals surface area contributed by atoms with Crippen LogP contribution in [0.3, 0.4) is 0 Å². The third-order valence-corrected chi connectivity index (χ3v) is 7.87. The fraction of sp³-hybridized carbons (Fsp3) is 0.414. The molecule has 2 N–H and O–H groups in total. The number of aliphatic hydroxyl groups is 1. The smallest absolute Gasteiger partial charge is 0.385 e. The Morgan fingerprint density at radius 2 is 1.85 bits per heavy atom. The zero-order chi connectivity index (χ0) is 27.9. The first kappa shape index (κ1) is 27.2. The minimum Gasteiger partial charge on any atom is -0.385 e. The highest BCUT2D eigenvalue weighted by molar-refractivity contribution is 6.01. The van der Waals surface area contributed by atoms with Crippen LogP contribution in [0.4, 0.5) is 17.6 Å². The molecule has 2 amide bonds. The molecule has 2 fully saturated rings. The summed E-state index contributed by atoms with van der Waals surface area (Å²) in [5.41, 5.74) is 0.293. The maximum atomic E-state index is 16.0. The maximum absolute atomic E-state index is 16.0. The van der Waals surface area contributed by atoms with Crippen LogP contribution in [0.2, 0.25) is 0 Å². The largest absolute Gasteiger partial charge is 0.416 e. The number of likely N-dealkylation sites (tertiary alicyclic amines) is 1. The van der Waals surface area contributed by atoms with Crippen molar-refractivity contribution in [3.63, 3.8) is 0 Å². The second-order valence-electron chi connectivity index (χ2n) is 10.5. The molecule has 10 heteroatoms. The van der Waals surface area contributed by atoms with E-state index in [1.54, 1.807) is 25.1 Å². The van der Waals surface area contributed by atoms with Gasteiger partial charge in [-0.3, -0.25) is 24.8 Å². The molecular weight excluding hydrogens is 514 g/mol. The highest BCUT2D eigenvalue weighted by Crippen LogP contribution is 2.38. The van der Waals surface area contributed by atoms with Gasteiger partial charge in [0.2, 0.25) is 11.8 Å². The molecule has 2 saturated heterocycles. The molecule has 206 valence electrons. The molecule has 0 radical (unpaired) electrons. The van der Waals surface area contributed by atoms with Gasteiger partial charge in [-0.05, 0) is 74.5 Å². The van der Waals surface area contributed by atoms with Crippen molar-refractivity contribution in [1.82, 2.24) is 15.2 Å². The number of fused-ring (bicyclic) bond motifs is 1. The summed E-state index contributed by atoms with van der Waals surface area (Å²) in [7, 11) is 0. The molecule has 5 rings (SSSR count). The third kappa shape index (κ3) is 5.53. The Morgan fingerprint density at radius 1 is 1.10 bits per heavy atom. The number of nitrogens with zero attached hydrogens (tertiary/aromatic N) is 2. The van der Waals surface area contributed by atoms with Crippen LogP contribution in [0, 0.1) is 12.7 Å². The molecule has 2 aliphatic rings. The van der Waals surface area contributed by atoms with Crippen LogP contribution < -0.4 is 5.32 Å². The highest BCUT2D eigenvalue weighted by Gasteiger charge is 2.36. The number of alkyl halides is 3. The van der Waals surface area contributed by atoms with Gasteiger partial charge in [0, 0.05) is 36.2 Å². The molecule has 6 nitrogen and oxygen atoms in total. The van der Waals surface area contributed by atoms with Crippen molar-refractivity contribution in [3.8, 4) is 0 Å². The predicted molar refractivity (Wildman–Crippen MR) is 136 cm³/mol. The van der Waals surface area contributed by atoms with Gasteiger partial charge in [0.1, 0.15) is 5.82 Å². The summed E-state index contributed by atoms with van der Waals surface area (Å²) >= 11 is 0. The van der Waals surface area contributed by atoms with Crippen molar-refractivity contribution in [2.24, 2.45) is 0 Å². The molecule has 2 aliphatic heterocycles. The van der Waals surface area contributed by atoms with Gasteiger partial charge in [-0.25, -0.2) is 4.39 Å². The summed E-state index contributed by atoms with van der Waals surface area (Å²) in [6.45, 7) is 3.21. The van der Waals surface area contributed by atoms with E-state index in [0.29, 0.717) is 55.7 Å². The molecular formula is C29H29F4N3O3. The van der Waals surface area contributed by atoms with Gasteiger partial charge in [0.15, 0.2) is 0 Å². The standard InChI is InChI=1S/C29H29F4N3O3/c1-17-21(20-7-10-25(37)35-27(20)38)15-22-24(34-17)9-8-23(26(22)30)28(39)11-2-13-36(14-12-28)16-18-3-5-19(6-4-18)29(31,32)33/h3-6,8-9,15,20,39H,2,7,10-14,16H2,1H3,(H,35,37,38). The Kier molecular flexibility index (Phi) is 7.19. The second kappa shape index (κ2) is 10.3. The summed E-state index contributed by atoms with van der Waals surface area (Å²) in [6.07, 6.45) is -2.74. The van der Waals surface area contributed by atoms with E-state index in [9.17, 15) is 27.9 Å². The van der Waals surface area contributed by atoms with Gasteiger partial charge in [0.25, 0.3) is 0 Å². The summed E-state index contributed by atoms with van der Waals surface area (Å²) in [4.78, 5) is 30.6. The van der Waals surface area contributed by atoms with E-state index in [-0.39, 0.29) is 29.7 Å². The van der Waals surface area contributed by atoms with E-state index >= 15 is 4.39 Å². The lowest BCUT2D eigenvalue weighted by atomic mass is 9.84. The number of hydrogen-bond acceptors (Lipinski definition) is 5. The predicted octanol–water partition coefficient (Wildman–Crippen LogP) is 5.10. The number of halogens is 4. The first-order chi connectivity index (χ1) is 18.4. The summed E-state index contributed by atoms with van der Waals surface area (Å²) in [5.74, 6) is -1.96. The second-order valence-corrected chi connectivity index (χ2v) is 10.5. The quantitative estimate of drug-likeness (QED) is 0.354. The molecule has 39 heavy (non-hydrogen) atoms. The molecule has 2 unspecified atom stereocenters. The monoisotopic (exact) mass is 543 g/mol. The fourth-order valence-electron chi connectivity index (χ4n) is 5.68. The Hall–Kier alpha value is -3.37. The van der Waals surface area contributed by atoms with E-state index in [0.717, 1.165) is 17.7 Å². The van der Waals surface area contributed by atoms with Gasteiger partial charge in [-0.1, -0.05) is 18.2 Å². The first-order valence-electron chi connectivity index (χ1n) is 13.0.